The zero-order valence-electron chi connectivity index (χ0n) is 24.3. The molecule has 3 heterocycles. The SMILES string of the molecule is CC(C)n1cnc2c(NC3CCN(OC(=O)Nc4ccc(OC(F)(F)F)cc4)CC3)nc(NC3CCC(N)CC3)nc21.Cl.Cl. The second kappa shape index (κ2) is 15.1. The summed E-state index contributed by atoms with van der Waals surface area (Å²) in [5, 5.41) is 11.1. The molecule has 0 unspecified atom stereocenters. The summed E-state index contributed by atoms with van der Waals surface area (Å²) < 4.78 is 42.9. The molecule has 1 aromatic carbocycles. The monoisotopic (exact) mass is 663 g/mol. The molecule has 2 fully saturated rings. The third-order valence-corrected chi connectivity index (χ3v) is 7.42. The minimum absolute atomic E-state index is 0. The third kappa shape index (κ3) is 9.36. The van der Waals surface area contributed by atoms with Gasteiger partial charge in [-0.1, -0.05) is 0 Å². The molecule has 44 heavy (non-hydrogen) atoms. The molecule has 244 valence electrons. The second-order valence-electron chi connectivity index (χ2n) is 11.0. The Morgan fingerprint density at radius 2 is 1.61 bits per heavy atom. The van der Waals surface area contributed by atoms with Crippen molar-refractivity contribution in [3.8, 4) is 5.75 Å². The molecule has 1 saturated heterocycles. The lowest BCUT2D eigenvalue weighted by atomic mass is 9.92. The zero-order valence-corrected chi connectivity index (χ0v) is 26.0. The van der Waals surface area contributed by atoms with E-state index in [4.69, 9.17) is 20.5 Å². The summed E-state index contributed by atoms with van der Waals surface area (Å²) in [5.74, 6) is 0.835. The van der Waals surface area contributed by atoms with E-state index in [1.165, 1.54) is 12.1 Å². The number of anilines is 3. The van der Waals surface area contributed by atoms with E-state index >= 15 is 0 Å². The molecule has 0 atom stereocenters. The van der Waals surface area contributed by atoms with Crippen LogP contribution in [0.3, 0.4) is 0 Å². The van der Waals surface area contributed by atoms with Gasteiger partial charge in [0.15, 0.2) is 17.0 Å². The summed E-state index contributed by atoms with van der Waals surface area (Å²) in [6.45, 7) is 5.11. The summed E-state index contributed by atoms with van der Waals surface area (Å²) in [7, 11) is 0. The van der Waals surface area contributed by atoms with Gasteiger partial charge in [-0.15, -0.1) is 43.0 Å². The van der Waals surface area contributed by atoms with E-state index in [-0.39, 0.29) is 60.4 Å². The summed E-state index contributed by atoms with van der Waals surface area (Å²) in [6.07, 6.45) is 1.50. The number of hydrogen-bond donors (Lipinski definition) is 4. The van der Waals surface area contributed by atoms with Crippen LogP contribution < -0.4 is 26.4 Å². The van der Waals surface area contributed by atoms with Crippen molar-refractivity contribution in [1.82, 2.24) is 24.6 Å². The Hall–Kier alpha value is -3.27. The number of piperidine rings is 1. The lowest BCUT2D eigenvalue weighted by Crippen LogP contribution is -2.41. The van der Waals surface area contributed by atoms with Gasteiger partial charge in [-0.3, -0.25) is 5.32 Å². The minimum atomic E-state index is -4.78. The number of carbonyl (C=O) groups excluding carboxylic acids is 1. The summed E-state index contributed by atoms with van der Waals surface area (Å²) in [4.78, 5) is 31.9. The molecule has 5 N–H and O–H groups in total. The van der Waals surface area contributed by atoms with Crippen molar-refractivity contribution in [1.29, 1.82) is 0 Å². The number of nitrogens with zero attached hydrogens (tertiary/aromatic N) is 5. The van der Waals surface area contributed by atoms with Crippen LogP contribution in [0.4, 0.5) is 35.4 Å². The van der Waals surface area contributed by atoms with Crippen LogP contribution in [-0.2, 0) is 4.84 Å². The quantitative estimate of drug-likeness (QED) is 0.231. The van der Waals surface area contributed by atoms with Gasteiger partial charge in [0.05, 0.1) is 6.33 Å². The molecule has 1 amide bonds. The van der Waals surface area contributed by atoms with Crippen LogP contribution in [0.1, 0.15) is 58.4 Å². The maximum absolute atomic E-state index is 12.3. The van der Waals surface area contributed by atoms with Gasteiger partial charge < -0.3 is 30.5 Å². The van der Waals surface area contributed by atoms with E-state index in [1.54, 1.807) is 11.4 Å². The van der Waals surface area contributed by atoms with Crippen LogP contribution in [0.5, 0.6) is 5.75 Å². The minimum Gasteiger partial charge on any atom is -0.406 e. The number of hydrogen-bond acceptors (Lipinski definition) is 10. The van der Waals surface area contributed by atoms with Gasteiger partial charge in [0.25, 0.3) is 0 Å². The van der Waals surface area contributed by atoms with Crippen LogP contribution in [0.2, 0.25) is 0 Å². The molecule has 0 bridgehead atoms. The number of imidazole rings is 1. The third-order valence-electron chi connectivity index (χ3n) is 7.42. The number of fused-ring (bicyclic) bond motifs is 1. The van der Waals surface area contributed by atoms with Crippen molar-refractivity contribution in [2.75, 3.05) is 29.0 Å². The summed E-state index contributed by atoms with van der Waals surface area (Å²) >= 11 is 0. The standard InChI is InChI=1S/C27H36F3N9O3.2ClH/c1-16(2)39-15-32-22-23(36-25(37-24(22)39)34-18-5-3-17(31)4-6-18)33-20-11-13-38(14-12-20)42-26(40)35-19-7-9-21(10-8-19)41-27(28,29)30;;/h7-10,15-18,20H,3-6,11-14,31H2,1-2H3,(H,35,40)(H2,33,34,36,37);2*1H. The lowest BCUT2D eigenvalue weighted by molar-refractivity contribution is -0.274. The first-order valence-electron chi connectivity index (χ1n) is 14.2. The predicted molar refractivity (Wildman–Crippen MR) is 166 cm³/mol. The van der Waals surface area contributed by atoms with Crippen LogP contribution in [0.15, 0.2) is 30.6 Å². The van der Waals surface area contributed by atoms with E-state index in [2.05, 4.69) is 39.5 Å². The number of nitrogens with one attached hydrogen (secondary N) is 3. The highest BCUT2D eigenvalue weighted by Crippen LogP contribution is 2.28. The molecule has 1 aliphatic carbocycles. The predicted octanol–water partition coefficient (Wildman–Crippen LogP) is 5.87. The first kappa shape index (κ1) is 35.2. The highest BCUT2D eigenvalue weighted by Gasteiger charge is 2.31. The zero-order chi connectivity index (χ0) is 29.9. The molecule has 0 radical (unpaired) electrons. The number of nitrogens with two attached hydrogens (primary N) is 1. The fourth-order valence-corrected chi connectivity index (χ4v) is 5.19. The number of amides is 1. The van der Waals surface area contributed by atoms with E-state index < -0.39 is 12.5 Å². The number of benzene rings is 1. The van der Waals surface area contributed by atoms with Crippen molar-refractivity contribution >= 4 is 59.5 Å². The number of alkyl halides is 3. The molecule has 2 aliphatic rings. The van der Waals surface area contributed by atoms with Crippen molar-refractivity contribution in [2.45, 2.75) is 82.9 Å². The van der Waals surface area contributed by atoms with Gasteiger partial charge in [0.2, 0.25) is 5.95 Å². The second-order valence-corrected chi connectivity index (χ2v) is 11.0. The Balaban J connectivity index is 0.00000264. The van der Waals surface area contributed by atoms with Gasteiger partial charge in [-0.2, -0.15) is 9.97 Å². The molecule has 0 spiro atoms. The van der Waals surface area contributed by atoms with Crippen molar-refractivity contribution in [2.24, 2.45) is 5.73 Å². The number of aromatic nitrogens is 4. The summed E-state index contributed by atoms with van der Waals surface area (Å²) in [5.41, 5.74) is 7.81. The Morgan fingerprint density at radius 1 is 0.977 bits per heavy atom. The van der Waals surface area contributed by atoms with Gasteiger partial charge in [0.1, 0.15) is 5.75 Å². The lowest BCUT2D eigenvalue weighted by Gasteiger charge is -2.31. The normalized spacial score (nSPS) is 19.5. The molecule has 12 nitrogen and oxygen atoms in total. The largest absolute Gasteiger partial charge is 0.573 e. The Morgan fingerprint density at radius 3 is 2.23 bits per heavy atom. The molecule has 3 aromatic rings. The van der Waals surface area contributed by atoms with Crippen LogP contribution in [0, 0.1) is 0 Å². The fraction of sp³-hybridized carbons (Fsp3) is 0.556. The van der Waals surface area contributed by atoms with Gasteiger partial charge >= 0.3 is 12.5 Å². The first-order valence-corrected chi connectivity index (χ1v) is 14.2. The number of ether oxygens (including phenoxy) is 1. The molecule has 5 rings (SSSR count). The maximum atomic E-state index is 12.3. The average molecular weight is 665 g/mol. The topological polar surface area (TPSA) is 144 Å². The number of hydroxylamine groups is 2. The van der Waals surface area contributed by atoms with Crippen LogP contribution in [0.25, 0.3) is 11.2 Å². The van der Waals surface area contributed by atoms with E-state index in [9.17, 15) is 18.0 Å². The molecule has 1 aliphatic heterocycles. The van der Waals surface area contributed by atoms with Crippen molar-refractivity contribution in [3.63, 3.8) is 0 Å². The van der Waals surface area contributed by atoms with Crippen molar-refractivity contribution in [3.05, 3.63) is 30.6 Å². The van der Waals surface area contributed by atoms with E-state index in [0.717, 1.165) is 43.5 Å². The molecular formula is C27H38Cl2F3N9O3. The summed E-state index contributed by atoms with van der Waals surface area (Å²) in [6, 6.07) is 5.58. The van der Waals surface area contributed by atoms with E-state index in [0.29, 0.717) is 43.2 Å². The molecule has 1 saturated carbocycles. The highest BCUT2D eigenvalue weighted by atomic mass is 35.5. The Bertz CT molecular complexity index is 1360. The fourth-order valence-electron chi connectivity index (χ4n) is 5.19. The van der Waals surface area contributed by atoms with Crippen LogP contribution in [-0.4, -0.2) is 68.3 Å². The van der Waals surface area contributed by atoms with E-state index in [1.807, 2.05) is 4.57 Å². The molecular weight excluding hydrogens is 626 g/mol. The maximum Gasteiger partial charge on any atom is 0.573 e. The van der Waals surface area contributed by atoms with Gasteiger partial charge in [-0.25, -0.2) is 9.78 Å². The average Bonchev–Trinajstić information content (AvgIpc) is 3.36. The smallest absolute Gasteiger partial charge is 0.406 e. The van der Waals surface area contributed by atoms with Gasteiger partial charge in [-0.05, 0) is 76.6 Å². The number of rotatable bonds is 8. The number of halogens is 5. The van der Waals surface area contributed by atoms with Crippen LogP contribution >= 0.6 is 24.8 Å². The molecule has 2 aromatic heterocycles. The van der Waals surface area contributed by atoms with Crippen molar-refractivity contribution < 1.29 is 27.5 Å². The highest BCUT2D eigenvalue weighted by molar-refractivity contribution is 5.86. The first-order chi connectivity index (χ1) is 20.0. The van der Waals surface area contributed by atoms with Gasteiger partial charge in [0, 0.05) is 42.9 Å². The number of carbonyl (C=O) groups is 1. The molecule has 17 heteroatoms. The Labute approximate surface area is 265 Å². The Kier molecular flexibility index (Phi) is 12.1.